The minimum atomic E-state index is -1.06. The number of nitrogens with zero attached hydrogens (tertiary/aromatic N) is 2. The Morgan fingerprint density at radius 1 is 1.64 bits per heavy atom. The molecule has 0 amide bonds. The summed E-state index contributed by atoms with van der Waals surface area (Å²) in [6, 6.07) is 6.47. The maximum Gasteiger partial charge on any atom is 0.324 e. The SMILES string of the molecule is N#CN(CC(=O)O)c1cccc(Cl)c1. The number of rotatable bonds is 3. The molecule has 1 aromatic rings. The number of halogens is 1. The monoisotopic (exact) mass is 210 g/mol. The zero-order valence-electron chi connectivity index (χ0n) is 7.14. The number of anilines is 1. The summed E-state index contributed by atoms with van der Waals surface area (Å²) in [6.07, 6.45) is 1.77. The van der Waals surface area contributed by atoms with Crippen molar-refractivity contribution in [2.75, 3.05) is 11.4 Å². The van der Waals surface area contributed by atoms with Gasteiger partial charge in [-0.15, -0.1) is 0 Å². The van der Waals surface area contributed by atoms with Crippen molar-refractivity contribution in [1.82, 2.24) is 0 Å². The lowest BCUT2D eigenvalue weighted by molar-refractivity contribution is -0.135. The Morgan fingerprint density at radius 2 is 2.36 bits per heavy atom. The van der Waals surface area contributed by atoms with E-state index in [1.165, 1.54) is 6.07 Å². The van der Waals surface area contributed by atoms with Crippen LogP contribution < -0.4 is 4.90 Å². The van der Waals surface area contributed by atoms with Gasteiger partial charge in [-0.2, -0.15) is 5.26 Å². The molecule has 72 valence electrons. The van der Waals surface area contributed by atoms with Crippen LogP contribution in [0, 0.1) is 11.5 Å². The normalized spacial score (nSPS) is 9.14. The summed E-state index contributed by atoms with van der Waals surface area (Å²) < 4.78 is 0. The molecule has 0 bridgehead atoms. The van der Waals surface area contributed by atoms with Gasteiger partial charge in [0, 0.05) is 5.02 Å². The fourth-order valence-corrected chi connectivity index (χ4v) is 1.15. The standard InChI is InChI=1S/C9H7ClN2O2/c10-7-2-1-3-8(4-7)12(6-11)5-9(13)14/h1-4H,5H2,(H,13,14). The molecule has 0 atom stereocenters. The van der Waals surface area contributed by atoms with Crippen molar-refractivity contribution in [1.29, 1.82) is 5.26 Å². The zero-order chi connectivity index (χ0) is 10.6. The Bertz CT molecular complexity index is 387. The summed E-state index contributed by atoms with van der Waals surface area (Å²) in [5, 5.41) is 17.7. The summed E-state index contributed by atoms with van der Waals surface area (Å²) in [5.41, 5.74) is 0.474. The summed E-state index contributed by atoms with van der Waals surface area (Å²) in [6.45, 7) is -0.364. The van der Waals surface area contributed by atoms with Gasteiger partial charge in [0.2, 0.25) is 0 Å². The maximum atomic E-state index is 10.4. The van der Waals surface area contributed by atoms with Crippen LogP contribution in [-0.2, 0) is 4.79 Å². The summed E-state index contributed by atoms with van der Waals surface area (Å²) in [7, 11) is 0. The topological polar surface area (TPSA) is 64.3 Å². The first-order chi connectivity index (χ1) is 6.63. The number of carboxylic acid groups (broad SMARTS) is 1. The molecule has 1 rings (SSSR count). The highest BCUT2D eigenvalue weighted by molar-refractivity contribution is 6.30. The van der Waals surface area contributed by atoms with E-state index >= 15 is 0 Å². The molecule has 0 unspecified atom stereocenters. The van der Waals surface area contributed by atoms with Crippen LogP contribution in [-0.4, -0.2) is 17.6 Å². The highest BCUT2D eigenvalue weighted by atomic mass is 35.5. The number of hydrogen-bond donors (Lipinski definition) is 1. The molecule has 0 aliphatic carbocycles. The van der Waals surface area contributed by atoms with Crippen LogP contribution in [0.25, 0.3) is 0 Å². The highest BCUT2D eigenvalue weighted by Gasteiger charge is 2.09. The molecule has 0 fully saturated rings. The van der Waals surface area contributed by atoms with Crippen molar-refractivity contribution in [3.05, 3.63) is 29.3 Å². The third-order valence-electron chi connectivity index (χ3n) is 1.53. The average molecular weight is 211 g/mol. The first kappa shape index (κ1) is 10.4. The Hall–Kier alpha value is -1.73. The Morgan fingerprint density at radius 3 is 2.86 bits per heavy atom. The quantitative estimate of drug-likeness (QED) is 0.609. The van der Waals surface area contributed by atoms with Gasteiger partial charge in [-0.3, -0.25) is 9.69 Å². The second-order valence-electron chi connectivity index (χ2n) is 2.56. The van der Waals surface area contributed by atoms with Gasteiger partial charge in [-0.1, -0.05) is 17.7 Å². The van der Waals surface area contributed by atoms with E-state index < -0.39 is 5.97 Å². The fraction of sp³-hybridized carbons (Fsp3) is 0.111. The second kappa shape index (κ2) is 4.49. The van der Waals surface area contributed by atoms with Gasteiger partial charge in [0.25, 0.3) is 0 Å². The summed E-state index contributed by atoms with van der Waals surface area (Å²) in [5.74, 6) is -1.06. The summed E-state index contributed by atoms with van der Waals surface area (Å²) >= 11 is 5.70. The molecule has 0 radical (unpaired) electrons. The van der Waals surface area contributed by atoms with Crippen molar-refractivity contribution < 1.29 is 9.90 Å². The first-order valence-electron chi connectivity index (χ1n) is 3.78. The summed E-state index contributed by atoms with van der Waals surface area (Å²) in [4.78, 5) is 11.5. The van der Waals surface area contributed by atoms with E-state index in [2.05, 4.69) is 0 Å². The van der Waals surface area contributed by atoms with Gasteiger partial charge < -0.3 is 5.11 Å². The molecule has 0 aliphatic rings. The Kier molecular flexibility index (Phi) is 3.32. The van der Waals surface area contributed by atoms with Crippen LogP contribution in [0.5, 0.6) is 0 Å². The fourth-order valence-electron chi connectivity index (χ4n) is 0.964. The Labute approximate surface area is 85.9 Å². The lowest BCUT2D eigenvalue weighted by Gasteiger charge is -2.12. The van der Waals surface area contributed by atoms with Crippen LogP contribution in [0.4, 0.5) is 5.69 Å². The molecular weight excluding hydrogens is 204 g/mol. The predicted molar refractivity (Wildman–Crippen MR) is 52.0 cm³/mol. The van der Waals surface area contributed by atoms with Gasteiger partial charge in [-0.05, 0) is 18.2 Å². The first-order valence-corrected chi connectivity index (χ1v) is 4.16. The predicted octanol–water partition coefficient (Wildman–Crippen LogP) is 1.71. The lowest BCUT2D eigenvalue weighted by atomic mass is 10.3. The number of carbonyl (C=O) groups is 1. The lowest BCUT2D eigenvalue weighted by Crippen LogP contribution is -2.24. The van der Waals surface area contributed by atoms with Crippen LogP contribution >= 0.6 is 11.6 Å². The molecule has 0 spiro atoms. The third-order valence-corrected chi connectivity index (χ3v) is 1.77. The van der Waals surface area contributed by atoms with Crippen molar-refractivity contribution in [3.63, 3.8) is 0 Å². The van der Waals surface area contributed by atoms with Crippen molar-refractivity contribution in [2.45, 2.75) is 0 Å². The Balaban J connectivity index is 2.90. The van der Waals surface area contributed by atoms with Gasteiger partial charge in [0.1, 0.15) is 6.54 Å². The third kappa shape index (κ3) is 2.64. The van der Waals surface area contributed by atoms with Crippen LogP contribution in [0.15, 0.2) is 24.3 Å². The molecule has 0 saturated carbocycles. The number of aliphatic carboxylic acids is 1. The minimum absolute atomic E-state index is 0.364. The van der Waals surface area contributed by atoms with Gasteiger partial charge in [0.05, 0.1) is 5.69 Å². The van der Waals surface area contributed by atoms with Gasteiger partial charge >= 0.3 is 5.97 Å². The number of nitriles is 1. The molecule has 5 heteroatoms. The van der Waals surface area contributed by atoms with E-state index in [0.717, 1.165) is 4.90 Å². The molecule has 0 aliphatic heterocycles. The number of benzene rings is 1. The van der Waals surface area contributed by atoms with Crippen molar-refractivity contribution >= 4 is 23.3 Å². The molecular formula is C9H7ClN2O2. The van der Waals surface area contributed by atoms with E-state index in [1.54, 1.807) is 24.4 Å². The van der Waals surface area contributed by atoms with Crippen LogP contribution in [0.1, 0.15) is 0 Å². The molecule has 1 N–H and O–H groups in total. The highest BCUT2D eigenvalue weighted by Crippen LogP contribution is 2.18. The molecule has 4 nitrogen and oxygen atoms in total. The second-order valence-corrected chi connectivity index (χ2v) is 3.00. The molecule has 0 aromatic heterocycles. The van der Waals surface area contributed by atoms with Crippen molar-refractivity contribution in [2.24, 2.45) is 0 Å². The van der Waals surface area contributed by atoms with E-state index in [-0.39, 0.29) is 6.54 Å². The molecule has 0 saturated heterocycles. The zero-order valence-corrected chi connectivity index (χ0v) is 7.90. The van der Waals surface area contributed by atoms with E-state index in [1.807, 2.05) is 0 Å². The van der Waals surface area contributed by atoms with Crippen molar-refractivity contribution in [3.8, 4) is 6.19 Å². The molecule has 1 aromatic carbocycles. The van der Waals surface area contributed by atoms with Gasteiger partial charge in [-0.25, -0.2) is 0 Å². The number of hydrogen-bond acceptors (Lipinski definition) is 3. The maximum absolute atomic E-state index is 10.4. The number of carboxylic acids is 1. The molecule has 0 heterocycles. The minimum Gasteiger partial charge on any atom is -0.480 e. The molecule has 14 heavy (non-hydrogen) atoms. The van der Waals surface area contributed by atoms with Gasteiger partial charge in [0.15, 0.2) is 6.19 Å². The largest absolute Gasteiger partial charge is 0.480 e. The van der Waals surface area contributed by atoms with E-state index in [9.17, 15) is 4.79 Å². The smallest absolute Gasteiger partial charge is 0.324 e. The average Bonchev–Trinajstić information content (AvgIpc) is 2.14. The van der Waals surface area contributed by atoms with E-state index in [4.69, 9.17) is 22.0 Å². The van der Waals surface area contributed by atoms with Crippen LogP contribution in [0.2, 0.25) is 5.02 Å². The van der Waals surface area contributed by atoms with E-state index in [0.29, 0.717) is 10.7 Å². The van der Waals surface area contributed by atoms with Crippen LogP contribution in [0.3, 0.4) is 0 Å².